The number of hydrogen-bond donors (Lipinski definition) is 2. The highest BCUT2D eigenvalue weighted by molar-refractivity contribution is 7.19. The van der Waals surface area contributed by atoms with Crippen LogP contribution in [0.15, 0.2) is 48.5 Å². The van der Waals surface area contributed by atoms with Gasteiger partial charge in [0, 0.05) is 34.4 Å². The van der Waals surface area contributed by atoms with E-state index in [4.69, 9.17) is 0 Å². The van der Waals surface area contributed by atoms with Gasteiger partial charge in [-0.25, -0.2) is 0 Å². The molecule has 0 unspecified atom stereocenters. The lowest BCUT2D eigenvalue weighted by molar-refractivity contribution is -0.114. The molecule has 0 radical (unpaired) electrons. The van der Waals surface area contributed by atoms with Crippen LogP contribution in [-0.4, -0.2) is 5.91 Å². The van der Waals surface area contributed by atoms with E-state index < -0.39 is 0 Å². The van der Waals surface area contributed by atoms with Gasteiger partial charge in [-0.3, -0.25) is 4.79 Å². The fourth-order valence-corrected chi connectivity index (χ4v) is 3.46. The highest BCUT2D eigenvalue weighted by Crippen LogP contribution is 2.28. The summed E-state index contributed by atoms with van der Waals surface area (Å²) in [6.07, 6.45) is 0. The van der Waals surface area contributed by atoms with Crippen molar-refractivity contribution < 1.29 is 4.79 Å². The van der Waals surface area contributed by atoms with Crippen molar-refractivity contribution in [1.29, 1.82) is 0 Å². The maximum absolute atomic E-state index is 11.2. The van der Waals surface area contributed by atoms with E-state index in [1.807, 2.05) is 25.1 Å². The molecule has 0 saturated heterocycles. The normalized spacial score (nSPS) is 10.6. The zero-order valence-corrected chi connectivity index (χ0v) is 13.5. The molecule has 3 rings (SSSR count). The number of fused-ring (bicyclic) bond motifs is 1. The van der Waals surface area contributed by atoms with E-state index in [2.05, 4.69) is 41.0 Å². The van der Waals surface area contributed by atoms with Crippen LogP contribution in [0.5, 0.6) is 0 Å². The molecular weight excluding hydrogens is 292 g/mol. The summed E-state index contributed by atoms with van der Waals surface area (Å²) >= 11 is 1.80. The molecule has 2 aromatic carbocycles. The van der Waals surface area contributed by atoms with Crippen LogP contribution in [0.4, 0.5) is 11.4 Å². The van der Waals surface area contributed by atoms with Crippen LogP contribution in [0.25, 0.3) is 10.1 Å². The maximum atomic E-state index is 11.2. The van der Waals surface area contributed by atoms with Crippen LogP contribution in [-0.2, 0) is 11.3 Å². The number of thiophene rings is 1. The van der Waals surface area contributed by atoms with E-state index in [-0.39, 0.29) is 5.91 Å². The van der Waals surface area contributed by atoms with Gasteiger partial charge in [-0.1, -0.05) is 24.3 Å². The van der Waals surface area contributed by atoms with Crippen molar-refractivity contribution in [3.8, 4) is 0 Å². The maximum Gasteiger partial charge on any atom is 0.221 e. The Bertz CT molecular complexity index is 790. The number of hydrogen-bond acceptors (Lipinski definition) is 3. The molecule has 22 heavy (non-hydrogen) atoms. The summed E-state index contributed by atoms with van der Waals surface area (Å²) in [6.45, 7) is 4.32. The quantitative estimate of drug-likeness (QED) is 0.728. The van der Waals surface area contributed by atoms with Crippen molar-refractivity contribution in [2.24, 2.45) is 0 Å². The van der Waals surface area contributed by atoms with Crippen molar-refractivity contribution in [3.63, 3.8) is 0 Å². The molecule has 0 aliphatic carbocycles. The lowest BCUT2D eigenvalue weighted by Crippen LogP contribution is -2.08. The number of anilines is 2. The van der Waals surface area contributed by atoms with Crippen molar-refractivity contribution in [2.45, 2.75) is 20.4 Å². The Kier molecular flexibility index (Phi) is 4.11. The SMILES string of the molecule is CC(=O)Nc1cccc(NCc2cc3ccccc3s2)c1C. The van der Waals surface area contributed by atoms with Gasteiger partial charge in [-0.15, -0.1) is 11.3 Å². The van der Waals surface area contributed by atoms with Gasteiger partial charge in [0.1, 0.15) is 0 Å². The number of carbonyl (C=O) groups is 1. The lowest BCUT2D eigenvalue weighted by atomic mass is 10.1. The molecule has 1 aromatic heterocycles. The van der Waals surface area contributed by atoms with Crippen LogP contribution in [0.3, 0.4) is 0 Å². The monoisotopic (exact) mass is 310 g/mol. The van der Waals surface area contributed by atoms with Gasteiger partial charge in [0.15, 0.2) is 0 Å². The second-order valence-corrected chi connectivity index (χ2v) is 6.43. The number of nitrogens with one attached hydrogen (secondary N) is 2. The lowest BCUT2D eigenvalue weighted by Gasteiger charge is -2.13. The summed E-state index contributed by atoms with van der Waals surface area (Å²) in [6, 6.07) is 16.5. The average Bonchev–Trinajstić information content (AvgIpc) is 2.90. The van der Waals surface area contributed by atoms with Crippen LogP contribution < -0.4 is 10.6 Å². The molecule has 0 bridgehead atoms. The minimum atomic E-state index is -0.0512. The van der Waals surface area contributed by atoms with Crippen molar-refractivity contribution in [1.82, 2.24) is 0 Å². The molecule has 0 spiro atoms. The second kappa shape index (κ2) is 6.20. The Hall–Kier alpha value is -2.33. The number of carbonyl (C=O) groups excluding carboxylic acids is 1. The van der Waals surface area contributed by atoms with Gasteiger partial charge in [-0.05, 0) is 42.1 Å². The van der Waals surface area contributed by atoms with Gasteiger partial charge < -0.3 is 10.6 Å². The molecule has 0 aliphatic heterocycles. The van der Waals surface area contributed by atoms with Crippen LogP contribution >= 0.6 is 11.3 Å². The third kappa shape index (κ3) is 3.12. The van der Waals surface area contributed by atoms with E-state index in [1.54, 1.807) is 11.3 Å². The Balaban J connectivity index is 1.77. The van der Waals surface area contributed by atoms with Gasteiger partial charge in [0.2, 0.25) is 5.91 Å². The number of amides is 1. The number of benzene rings is 2. The summed E-state index contributed by atoms with van der Waals surface area (Å²) in [5.41, 5.74) is 2.95. The minimum Gasteiger partial charge on any atom is -0.380 e. The molecule has 4 heteroatoms. The molecule has 0 atom stereocenters. The molecule has 112 valence electrons. The summed E-state index contributed by atoms with van der Waals surface area (Å²) in [7, 11) is 0. The smallest absolute Gasteiger partial charge is 0.221 e. The predicted molar refractivity (Wildman–Crippen MR) is 94.6 cm³/mol. The van der Waals surface area contributed by atoms with Crippen LogP contribution in [0, 0.1) is 6.92 Å². The first-order valence-electron chi connectivity index (χ1n) is 7.22. The third-order valence-electron chi connectivity index (χ3n) is 3.57. The molecule has 1 heterocycles. The van der Waals surface area contributed by atoms with Crippen molar-refractivity contribution in [3.05, 3.63) is 59.0 Å². The average molecular weight is 310 g/mol. The first-order valence-corrected chi connectivity index (χ1v) is 8.03. The molecule has 3 nitrogen and oxygen atoms in total. The Morgan fingerprint density at radius 2 is 1.86 bits per heavy atom. The van der Waals surface area contributed by atoms with Gasteiger partial charge in [-0.2, -0.15) is 0 Å². The van der Waals surface area contributed by atoms with Gasteiger partial charge >= 0.3 is 0 Å². The topological polar surface area (TPSA) is 41.1 Å². The van der Waals surface area contributed by atoms with E-state index >= 15 is 0 Å². The highest BCUT2D eigenvalue weighted by Gasteiger charge is 2.06. The molecule has 2 N–H and O–H groups in total. The van der Waals surface area contributed by atoms with Gasteiger partial charge in [0.25, 0.3) is 0 Å². The summed E-state index contributed by atoms with van der Waals surface area (Å²) in [5.74, 6) is -0.0512. The molecule has 1 amide bonds. The van der Waals surface area contributed by atoms with E-state index in [9.17, 15) is 4.79 Å². The first-order chi connectivity index (χ1) is 10.6. The number of rotatable bonds is 4. The fraction of sp³-hybridized carbons (Fsp3) is 0.167. The van der Waals surface area contributed by atoms with Crippen molar-refractivity contribution >= 4 is 38.7 Å². The van der Waals surface area contributed by atoms with Crippen LogP contribution in [0.2, 0.25) is 0 Å². The fourth-order valence-electron chi connectivity index (χ4n) is 2.46. The van der Waals surface area contributed by atoms with E-state index in [0.29, 0.717) is 0 Å². The minimum absolute atomic E-state index is 0.0512. The van der Waals surface area contributed by atoms with E-state index in [1.165, 1.54) is 21.9 Å². The Morgan fingerprint density at radius 3 is 2.64 bits per heavy atom. The zero-order chi connectivity index (χ0) is 15.5. The molecule has 0 fully saturated rings. The van der Waals surface area contributed by atoms with Gasteiger partial charge in [0.05, 0.1) is 0 Å². The molecule has 3 aromatic rings. The summed E-state index contributed by atoms with van der Waals surface area (Å²) < 4.78 is 1.31. The molecule has 0 aliphatic rings. The Labute approximate surface area is 134 Å². The molecular formula is C18H18N2OS. The van der Waals surface area contributed by atoms with Crippen molar-refractivity contribution in [2.75, 3.05) is 10.6 Å². The predicted octanol–water partition coefficient (Wildman–Crippen LogP) is 4.78. The van der Waals surface area contributed by atoms with E-state index in [0.717, 1.165) is 23.5 Å². The standard InChI is InChI=1S/C18H18N2OS/c1-12-16(7-5-8-17(12)20-13(2)21)19-11-15-10-14-6-3-4-9-18(14)22-15/h3-10,19H,11H2,1-2H3,(H,20,21). The summed E-state index contributed by atoms with van der Waals surface area (Å²) in [5, 5.41) is 7.60. The first kappa shape index (κ1) is 14.6. The largest absolute Gasteiger partial charge is 0.380 e. The second-order valence-electron chi connectivity index (χ2n) is 5.26. The zero-order valence-electron chi connectivity index (χ0n) is 12.6. The highest BCUT2D eigenvalue weighted by atomic mass is 32.1. The molecule has 0 saturated carbocycles. The summed E-state index contributed by atoms with van der Waals surface area (Å²) in [4.78, 5) is 12.5. The third-order valence-corrected chi connectivity index (χ3v) is 4.69. The van der Waals surface area contributed by atoms with Crippen LogP contribution in [0.1, 0.15) is 17.4 Å². The Morgan fingerprint density at radius 1 is 1.09 bits per heavy atom.